The minimum atomic E-state index is -0.193. The van der Waals surface area contributed by atoms with E-state index in [0.717, 1.165) is 36.5 Å². The number of carbonyl (C=O) groups excluding carboxylic acids is 2. The molecule has 1 saturated carbocycles. The molecule has 3 aliphatic rings. The third-order valence-corrected chi connectivity index (χ3v) is 7.35. The number of aromatic nitrogens is 1. The molecule has 8 heteroatoms. The van der Waals surface area contributed by atoms with Gasteiger partial charge in [0.1, 0.15) is 11.6 Å². The molecular formula is C28H36N4O4. The van der Waals surface area contributed by atoms with Crippen LogP contribution in [0.2, 0.25) is 0 Å². The second-order valence-electron chi connectivity index (χ2n) is 10.2. The maximum Gasteiger partial charge on any atom is 0.242 e. The number of piperidine rings is 1. The van der Waals surface area contributed by atoms with Gasteiger partial charge in [0.25, 0.3) is 0 Å². The zero-order valence-electron chi connectivity index (χ0n) is 21.1. The highest BCUT2D eigenvalue weighted by molar-refractivity contribution is 5.87. The van der Waals surface area contributed by atoms with E-state index in [0.29, 0.717) is 38.7 Å². The Balaban J connectivity index is 1.29. The van der Waals surface area contributed by atoms with Crippen molar-refractivity contribution in [3.63, 3.8) is 0 Å². The van der Waals surface area contributed by atoms with Gasteiger partial charge in [0.05, 0.1) is 25.7 Å². The summed E-state index contributed by atoms with van der Waals surface area (Å²) in [6.45, 7) is 3.71. The highest BCUT2D eigenvalue weighted by Crippen LogP contribution is 2.30. The van der Waals surface area contributed by atoms with E-state index in [1.807, 2.05) is 47.4 Å². The molecule has 5 rings (SSSR count). The lowest BCUT2D eigenvalue weighted by Crippen LogP contribution is -2.48. The Kier molecular flexibility index (Phi) is 7.70. The van der Waals surface area contributed by atoms with Gasteiger partial charge < -0.3 is 24.2 Å². The van der Waals surface area contributed by atoms with Crippen LogP contribution >= 0.6 is 0 Å². The molecule has 0 spiro atoms. The predicted molar refractivity (Wildman–Crippen MR) is 137 cm³/mol. The van der Waals surface area contributed by atoms with Gasteiger partial charge in [-0.1, -0.05) is 18.2 Å². The van der Waals surface area contributed by atoms with Crippen molar-refractivity contribution in [3.8, 4) is 5.75 Å². The van der Waals surface area contributed by atoms with E-state index >= 15 is 0 Å². The number of benzene rings is 1. The molecular weight excluding hydrogens is 456 g/mol. The minimum Gasteiger partial charge on any atom is -0.497 e. The van der Waals surface area contributed by atoms with Gasteiger partial charge in [-0.3, -0.25) is 9.59 Å². The normalized spacial score (nSPS) is 22.9. The lowest BCUT2D eigenvalue weighted by Gasteiger charge is -2.35. The number of ether oxygens (including phenoxy) is 2. The van der Waals surface area contributed by atoms with Crippen LogP contribution in [0.25, 0.3) is 0 Å². The number of carbonyl (C=O) groups is 2. The fourth-order valence-electron chi connectivity index (χ4n) is 5.14. The molecule has 2 aliphatic heterocycles. The van der Waals surface area contributed by atoms with Gasteiger partial charge in [0, 0.05) is 45.5 Å². The molecule has 0 bridgehead atoms. The van der Waals surface area contributed by atoms with Crippen molar-refractivity contribution in [1.29, 1.82) is 0 Å². The van der Waals surface area contributed by atoms with Crippen LogP contribution in [0.3, 0.4) is 0 Å². The van der Waals surface area contributed by atoms with Crippen LogP contribution in [0, 0.1) is 11.8 Å². The van der Waals surface area contributed by atoms with Gasteiger partial charge >= 0.3 is 0 Å². The third-order valence-electron chi connectivity index (χ3n) is 7.35. The topological polar surface area (TPSA) is 75.2 Å². The van der Waals surface area contributed by atoms with Crippen LogP contribution in [-0.2, 0) is 20.9 Å². The molecule has 36 heavy (non-hydrogen) atoms. The molecule has 0 unspecified atom stereocenters. The van der Waals surface area contributed by atoms with Crippen molar-refractivity contribution >= 4 is 17.6 Å². The Morgan fingerprint density at radius 1 is 1.08 bits per heavy atom. The van der Waals surface area contributed by atoms with Crippen LogP contribution in [-0.4, -0.2) is 79.1 Å². The number of rotatable bonds is 8. The van der Waals surface area contributed by atoms with Crippen LogP contribution < -0.4 is 9.64 Å². The summed E-state index contributed by atoms with van der Waals surface area (Å²) in [6.07, 6.45) is 5.75. The monoisotopic (exact) mass is 492 g/mol. The first-order valence-corrected chi connectivity index (χ1v) is 13.1. The summed E-state index contributed by atoms with van der Waals surface area (Å²) in [5.41, 5.74) is 1.00. The summed E-state index contributed by atoms with van der Waals surface area (Å²) >= 11 is 0. The lowest BCUT2D eigenvalue weighted by molar-refractivity contribution is -0.141. The maximum absolute atomic E-state index is 13.7. The zero-order valence-corrected chi connectivity index (χ0v) is 21.1. The van der Waals surface area contributed by atoms with Gasteiger partial charge in [0.15, 0.2) is 0 Å². The smallest absolute Gasteiger partial charge is 0.242 e. The second-order valence-corrected chi connectivity index (χ2v) is 10.2. The molecule has 192 valence electrons. The fourth-order valence-corrected chi connectivity index (χ4v) is 5.14. The molecule has 0 radical (unpaired) electrons. The average Bonchev–Trinajstić information content (AvgIpc) is 3.76. The minimum absolute atomic E-state index is 0.0407. The number of hydrogen-bond donors (Lipinski definition) is 0. The SMILES string of the molecule is COc1cccc(CN2C[C@H](OCC3CC3)CN(C(=O)[C@@H]3CCCN(c4ccccn4)C3)CC2=O)c1. The molecule has 2 saturated heterocycles. The molecule has 0 N–H and O–H groups in total. The standard InChI is InChI=1S/C28H36N4O4/c1-35-24-8-4-6-22(14-24)15-31-17-25(36-20-21-10-11-21)18-32(19-27(31)33)28(34)23-7-5-13-30(16-23)26-9-2-3-12-29-26/h2-4,6,8-9,12,14,21,23,25H,5,7,10-11,13,15-20H2,1H3/t23-,25+/m1/s1. The molecule has 1 aromatic heterocycles. The van der Waals surface area contributed by atoms with E-state index in [1.165, 1.54) is 12.8 Å². The van der Waals surface area contributed by atoms with Crippen LogP contribution in [0.4, 0.5) is 5.82 Å². The summed E-state index contributed by atoms with van der Waals surface area (Å²) in [4.78, 5) is 37.3. The van der Waals surface area contributed by atoms with Crippen LogP contribution in [0.15, 0.2) is 48.7 Å². The molecule has 3 heterocycles. The van der Waals surface area contributed by atoms with Crippen molar-refractivity contribution in [1.82, 2.24) is 14.8 Å². The lowest BCUT2D eigenvalue weighted by atomic mass is 9.96. The summed E-state index contributed by atoms with van der Waals surface area (Å²) in [5.74, 6) is 2.14. The number of nitrogens with zero attached hydrogens (tertiary/aromatic N) is 4. The molecule has 2 amide bonds. The second kappa shape index (κ2) is 11.3. The van der Waals surface area contributed by atoms with E-state index in [9.17, 15) is 9.59 Å². The Morgan fingerprint density at radius 3 is 2.75 bits per heavy atom. The number of hydrogen-bond acceptors (Lipinski definition) is 6. The molecule has 8 nitrogen and oxygen atoms in total. The van der Waals surface area contributed by atoms with Gasteiger partial charge in [0.2, 0.25) is 11.8 Å². The molecule has 2 atom stereocenters. The fraction of sp³-hybridized carbons (Fsp3) is 0.536. The number of anilines is 1. The Hall–Kier alpha value is -3.13. The van der Waals surface area contributed by atoms with Gasteiger partial charge in [-0.05, 0) is 61.4 Å². The third kappa shape index (κ3) is 6.16. The molecule has 3 fully saturated rings. The summed E-state index contributed by atoms with van der Waals surface area (Å²) in [5, 5.41) is 0. The molecule has 1 aromatic carbocycles. The van der Waals surface area contributed by atoms with E-state index < -0.39 is 0 Å². The Labute approximate surface area is 213 Å². The van der Waals surface area contributed by atoms with Crippen LogP contribution in [0.5, 0.6) is 5.75 Å². The van der Waals surface area contributed by atoms with E-state index in [4.69, 9.17) is 9.47 Å². The predicted octanol–water partition coefficient (Wildman–Crippen LogP) is 2.97. The van der Waals surface area contributed by atoms with Gasteiger partial charge in [-0.2, -0.15) is 0 Å². The Morgan fingerprint density at radius 2 is 1.97 bits per heavy atom. The van der Waals surface area contributed by atoms with E-state index in [1.54, 1.807) is 18.2 Å². The molecule has 1 aliphatic carbocycles. The van der Waals surface area contributed by atoms with Gasteiger partial charge in [-0.25, -0.2) is 4.98 Å². The van der Waals surface area contributed by atoms with Crippen molar-refractivity contribution in [3.05, 3.63) is 54.2 Å². The first kappa shape index (κ1) is 24.6. The van der Waals surface area contributed by atoms with Crippen molar-refractivity contribution < 1.29 is 19.1 Å². The zero-order chi connectivity index (χ0) is 24.9. The van der Waals surface area contributed by atoms with E-state index in [-0.39, 0.29) is 30.4 Å². The first-order valence-electron chi connectivity index (χ1n) is 13.1. The number of methoxy groups -OCH3 is 1. The van der Waals surface area contributed by atoms with Crippen molar-refractivity contribution in [2.24, 2.45) is 11.8 Å². The van der Waals surface area contributed by atoms with E-state index in [2.05, 4.69) is 9.88 Å². The Bertz CT molecular complexity index is 1040. The van der Waals surface area contributed by atoms with Crippen molar-refractivity contribution in [2.45, 2.75) is 38.3 Å². The quantitative estimate of drug-likeness (QED) is 0.564. The summed E-state index contributed by atoms with van der Waals surface area (Å²) in [7, 11) is 1.64. The number of pyridine rings is 1. The molecule has 2 aromatic rings. The summed E-state index contributed by atoms with van der Waals surface area (Å²) < 4.78 is 11.6. The number of amides is 2. The van der Waals surface area contributed by atoms with Crippen LogP contribution in [0.1, 0.15) is 31.2 Å². The highest BCUT2D eigenvalue weighted by atomic mass is 16.5. The maximum atomic E-state index is 13.7. The van der Waals surface area contributed by atoms with Crippen molar-refractivity contribution in [2.75, 3.05) is 51.3 Å². The largest absolute Gasteiger partial charge is 0.497 e. The first-order chi connectivity index (χ1) is 17.6. The highest BCUT2D eigenvalue weighted by Gasteiger charge is 2.36. The summed E-state index contributed by atoms with van der Waals surface area (Å²) in [6, 6.07) is 13.6. The average molecular weight is 493 g/mol. The van der Waals surface area contributed by atoms with Gasteiger partial charge in [-0.15, -0.1) is 0 Å².